The molecule has 0 rings (SSSR count). The SMILES string of the molecule is O=C(O)CNC(CO)(CO)CO.[N-]=[N+]=[N-].[Na+]. The van der Waals surface area contributed by atoms with Gasteiger partial charge < -0.3 is 31.5 Å². The number of carboxylic acid groups (broad SMARTS) is 1. The van der Waals surface area contributed by atoms with Crippen molar-refractivity contribution in [3.63, 3.8) is 0 Å². The predicted molar refractivity (Wildman–Crippen MR) is 49.7 cm³/mol. The standard InChI is InChI=1S/C6H13NO5.N3.Na/c8-2-6(3-9,4-10)7-1-5(11)12;1-3-2;/h7-10H,1-4H2,(H,11,12);;/q;-1;+1. The molecule has 0 saturated carbocycles. The largest absolute Gasteiger partial charge is 1.00 e. The Kier molecular flexibility index (Phi) is 16.6. The van der Waals surface area contributed by atoms with Crippen LogP contribution in [0.25, 0.3) is 16.0 Å². The Labute approximate surface area is 114 Å². The van der Waals surface area contributed by atoms with Crippen LogP contribution in [0.3, 0.4) is 0 Å². The maximum Gasteiger partial charge on any atom is 1.00 e. The number of aliphatic carboxylic acids is 1. The van der Waals surface area contributed by atoms with Crippen molar-refractivity contribution in [1.82, 2.24) is 5.32 Å². The molecule has 0 amide bonds. The summed E-state index contributed by atoms with van der Waals surface area (Å²) in [6.45, 7) is -1.98. The third kappa shape index (κ3) is 10.1. The van der Waals surface area contributed by atoms with E-state index < -0.39 is 37.9 Å². The first-order valence-corrected chi connectivity index (χ1v) is 3.79. The van der Waals surface area contributed by atoms with Crippen LogP contribution in [0, 0.1) is 0 Å². The van der Waals surface area contributed by atoms with Gasteiger partial charge in [-0.25, -0.2) is 0 Å². The number of hydrogen-bond acceptors (Lipinski definition) is 5. The Morgan fingerprint density at radius 2 is 1.50 bits per heavy atom. The van der Waals surface area contributed by atoms with Crippen LogP contribution in [0.5, 0.6) is 0 Å². The fraction of sp³-hybridized carbons (Fsp3) is 0.833. The molecule has 0 unspecified atom stereocenters. The summed E-state index contributed by atoms with van der Waals surface area (Å²) in [6.07, 6.45) is 0. The normalized spacial score (nSPS) is 9.19. The Bertz CT molecular complexity index is 209. The number of carboxylic acids is 1. The number of aliphatic hydroxyl groups excluding tert-OH is 3. The second-order valence-corrected chi connectivity index (χ2v) is 2.59. The molecule has 0 aliphatic heterocycles. The zero-order valence-electron chi connectivity index (χ0n) is 8.87. The Morgan fingerprint density at radius 1 is 1.19 bits per heavy atom. The molecule has 9 nitrogen and oxygen atoms in total. The van der Waals surface area contributed by atoms with Gasteiger partial charge in [0.2, 0.25) is 0 Å². The van der Waals surface area contributed by atoms with Crippen LogP contribution in [-0.4, -0.2) is 58.3 Å². The van der Waals surface area contributed by atoms with Gasteiger partial charge in [0.15, 0.2) is 0 Å². The van der Waals surface area contributed by atoms with E-state index in [0.717, 1.165) is 0 Å². The number of carbonyl (C=O) groups is 1. The Balaban J connectivity index is -0.000000377. The van der Waals surface area contributed by atoms with Crippen LogP contribution in [0.4, 0.5) is 0 Å². The van der Waals surface area contributed by atoms with Gasteiger partial charge in [0.25, 0.3) is 0 Å². The van der Waals surface area contributed by atoms with E-state index in [-0.39, 0.29) is 29.6 Å². The van der Waals surface area contributed by atoms with Crippen molar-refractivity contribution in [3.8, 4) is 0 Å². The fourth-order valence-electron chi connectivity index (χ4n) is 0.581. The van der Waals surface area contributed by atoms with E-state index in [2.05, 4.69) is 5.32 Å². The van der Waals surface area contributed by atoms with Crippen molar-refractivity contribution >= 4 is 5.97 Å². The van der Waals surface area contributed by atoms with Gasteiger partial charge in [-0.3, -0.25) is 15.0 Å². The summed E-state index contributed by atoms with van der Waals surface area (Å²) in [6, 6.07) is 0. The molecular weight excluding hydrogens is 231 g/mol. The van der Waals surface area contributed by atoms with Crippen LogP contribution in [-0.2, 0) is 4.79 Å². The summed E-state index contributed by atoms with van der Waals surface area (Å²) in [5.74, 6) is -1.12. The van der Waals surface area contributed by atoms with E-state index in [4.69, 9.17) is 31.5 Å². The second-order valence-electron chi connectivity index (χ2n) is 2.59. The molecule has 0 heterocycles. The minimum Gasteiger partial charge on any atom is -0.480 e. The molecule has 0 spiro atoms. The van der Waals surface area contributed by atoms with E-state index in [1.165, 1.54) is 4.91 Å². The molecule has 0 atom stereocenters. The molecule has 0 aromatic carbocycles. The number of nitrogens with one attached hydrogen (secondary N) is 1. The average molecular weight is 244 g/mol. The van der Waals surface area contributed by atoms with Crippen molar-refractivity contribution in [1.29, 1.82) is 0 Å². The molecule has 0 aromatic heterocycles. The first-order chi connectivity index (χ1) is 7.01. The van der Waals surface area contributed by atoms with E-state index in [9.17, 15) is 4.79 Å². The quantitative estimate of drug-likeness (QED) is 0.136. The third-order valence-electron chi connectivity index (χ3n) is 1.52. The van der Waals surface area contributed by atoms with Gasteiger partial charge in [-0.2, -0.15) is 0 Å². The van der Waals surface area contributed by atoms with Gasteiger partial charge in [0.1, 0.15) is 0 Å². The molecular formula is C6H13N4NaO5. The van der Waals surface area contributed by atoms with Gasteiger partial charge in [-0.1, -0.05) is 0 Å². The molecule has 5 N–H and O–H groups in total. The number of rotatable bonds is 6. The van der Waals surface area contributed by atoms with Gasteiger partial charge >= 0.3 is 35.5 Å². The van der Waals surface area contributed by atoms with Gasteiger partial charge in [0.05, 0.1) is 31.9 Å². The van der Waals surface area contributed by atoms with E-state index in [0.29, 0.717) is 0 Å². The molecule has 0 fully saturated rings. The van der Waals surface area contributed by atoms with Crippen LogP contribution < -0.4 is 34.9 Å². The fourth-order valence-corrected chi connectivity index (χ4v) is 0.581. The minimum atomic E-state index is -1.31. The van der Waals surface area contributed by atoms with Crippen LogP contribution >= 0.6 is 0 Å². The topological polar surface area (TPSA) is 169 Å². The van der Waals surface area contributed by atoms with Crippen LogP contribution in [0.15, 0.2) is 0 Å². The number of hydrogen-bond donors (Lipinski definition) is 5. The van der Waals surface area contributed by atoms with Crippen molar-refractivity contribution in [3.05, 3.63) is 16.0 Å². The molecule has 0 saturated heterocycles. The number of nitrogens with zero attached hydrogens (tertiary/aromatic N) is 3. The van der Waals surface area contributed by atoms with Crippen LogP contribution in [0.2, 0.25) is 0 Å². The molecule has 16 heavy (non-hydrogen) atoms. The molecule has 10 heteroatoms. The Hall–Kier alpha value is -0.380. The predicted octanol–water partition coefficient (Wildman–Crippen LogP) is -4.75. The number of aliphatic hydroxyl groups is 3. The maximum absolute atomic E-state index is 10.1. The minimum absolute atomic E-state index is 0. The van der Waals surface area contributed by atoms with Crippen molar-refractivity contribution < 1.29 is 54.8 Å². The molecule has 0 aliphatic carbocycles. The average Bonchev–Trinajstić information content (AvgIpc) is 2.22. The third-order valence-corrected chi connectivity index (χ3v) is 1.52. The summed E-state index contributed by atoms with van der Waals surface area (Å²) in [5.41, 5.74) is 12.2. The van der Waals surface area contributed by atoms with E-state index >= 15 is 0 Å². The van der Waals surface area contributed by atoms with E-state index in [1.807, 2.05) is 0 Å². The van der Waals surface area contributed by atoms with Crippen LogP contribution in [0.1, 0.15) is 0 Å². The zero-order chi connectivity index (χ0) is 12.3. The molecule has 0 radical (unpaired) electrons. The Morgan fingerprint density at radius 3 is 1.69 bits per heavy atom. The van der Waals surface area contributed by atoms with Crippen molar-refractivity contribution in [2.45, 2.75) is 5.54 Å². The maximum atomic E-state index is 10.1. The first kappa shape index (κ1) is 21.0. The molecule has 0 bridgehead atoms. The van der Waals surface area contributed by atoms with Gasteiger partial charge in [-0.05, 0) is 0 Å². The summed E-state index contributed by atoms with van der Waals surface area (Å²) in [4.78, 5) is 11.6. The monoisotopic (exact) mass is 244 g/mol. The van der Waals surface area contributed by atoms with Crippen molar-refractivity contribution in [2.75, 3.05) is 26.4 Å². The summed E-state index contributed by atoms with van der Waals surface area (Å²) in [5, 5.41) is 36.7. The molecule has 0 aromatic rings. The summed E-state index contributed by atoms with van der Waals surface area (Å²) < 4.78 is 0. The van der Waals surface area contributed by atoms with E-state index in [1.54, 1.807) is 0 Å². The first-order valence-electron chi connectivity index (χ1n) is 3.79. The summed E-state index contributed by atoms with van der Waals surface area (Å²) >= 11 is 0. The second kappa shape index (κ2) is 12.7. The summed E-state index contributed by atoms with van der Waals surface area (Å²) in [7, 11) is 0. The van der Waals surface area contributed by atoms with Gasteiger partial charge in [-0.15, -0.1) is 0 Å². The molecule has 0 aliphatic rings. The van der Waals surface area contributed by atoms with Crippen molar-refractivity contribution in [2.24, 2.45) is 0 Å². The smallest absolute Gasteiger partial charge is 0.480 e. The molecule has 88 valence electrons. The van der Waals surface area contributed by atoms with Gasteiger partial charge in [0, 0.05) is 0 Å². The zero-order valence-corrected chi connectivity index (χ0v) is 10.9.